The molecule has 78 valence electrons. The molecule has 0 amide bonds. The molecule has 0 bridgehead atoms. The van der Waals surface area contributed by atoms with Crippen LogP contribution in [0.5, 0.6) is 0 Å². The third-order valence-electron chi connectivity index (χ3n) is 2.92. The molecular formula is C13H13FO. The summed E-state index contributed by atoms with van der Waals surface area (Å²) in [6.07, 6.45) is 3.01. The van der Waals surface area contributed by atoms with E-state index in [2.05, 4.69) is 0 Å². The van der Waals surface area contributed by atoms with Gasteiger partial charge in [0.05, 0.1) is 0 Å². The van der Waals surface area contributed by atoms with Crippen molar-refractivity contribution in [3.8, 4) is 0 Å². The predicted octanol–water partition coefficient (Wildman–Crippen LogP) is 3.10. The second kappa shape index (κ2) is 3.30. The molecule has 0 radical (unpaired) electrons. The molecule has 1 aromatic rings. The van der Waals surface area contributed by atoms with Gasteiger partial charge in [0.25, 0.3) is 0 Å². The molecule has 0 N–H and O–H groups in total. The van der Waals surface area contributed by atoms with Crippen molar-refractivity contribution in [1.29, 1.82) is 0 Å². The topological polar surface area (TPSA) is 17.1 Å². The molecule has 1 atom stereocenters. The fraction of sp³-hybridized carbons (Fsp3) is 0.308. The summed E-state index contributed by atoms with van der Waals surface area (Å²) < 4.78 is 14.7. The first kappa shape index (κ1) is 10.1. The number of hydrogen-bond donors (Lipinski definition) is 0. The minimum Gasteiger partial charge on any atom is -0.291 e. The number of halogens is 1. The van der Waals surface area contributed by atoms with Gasteiger partial charge in [0.1, 0.15) is 0 Å². The van der Waals surface area contributed by atoms with Gasteiger partial charge in [-0.1, -0.05) is 44.2 Å². The zero-order valence-corrected chi connectivity index (χ0v) is 8.83. The van der Waals surface area contributed by atoms with Crippen molar-refractivity contribution in [3.05, 3.63) is 41.5 Å². The Morgan fingerprint density at radius 1 is 1.20 bits per heavy atom. The first-order chi connectivity index (χ1) is 7.06. The number of benzene rings is 1. The van der Waals surface area contributed by atoms with Crippen molar-refractivity contribution in [3.63, 3.8) is 0 Å². The second-order valence-electron chi connectivity index (χ2n) is 4.15. The van der Waals surface area contributed by atoms with Crippen LogP contribution < -0.4 is 0 Å². The smallest absolute Gasteiger partial charge is 0.200 e. The molecule has 0 unspecified atom stereocenters. The zero-order valence-electron chi connectivity index (χ0n) is 8.83. The highest BCUT2D eigenvalue weighted by Crippen LogP contribution is 2.40. The zero-order chi connectivity index (χ0) is 11.1. The lowest BCUT2D eigenvalue weighted by molar-refractivity contribution is -0.129. The fourth-order valence-electron chi connectivity index (χ4n) is 1.99. The van der Waals surface area contributed by atoms with E-state index in [1.165, 1.54) is 6.08 Å². The van der Waals surface area contributed by atoms with Crippen LogP contribution in [0.15, 0.2) is 30.3 Å². The van der Waals surface area contributed by atoms with Gasteiger partial charge in [0.2, 0.25) is 5.67 Å². The summed E-state index contributed by atoms with van der Waals surface area (Å²) >= 11 is 0. The van der Waals surface area contributed by atoms with Crippen LogP contribution >= 0.6 is 0 Å². The molecule has 1 aromatic carbocycles. The summed E-state index contributed by atoms with van der Waals surface area (Å²) in [6.45, 7) is 3.46. The lowest BCUT2D eigenvalue weighted by atomic mass is 9.76. The van der Waals surface area contributed by atoms with Gasteiger partial charge >= 0.3 is 0 Å². The maximum atomic E-state index is 14.7. The number of ketones is 1. The molecule has 1 nitrogen and oxygen atoms in total. The van der Waals surface area contributed by atoms with Crippen molar-refractivity contribution >= 4 is 11.9 Å². The maximum absolute atomic E-state index is 14.7. The quantitative estimate of drug-likeness (QED) is 0.687. The van der Waals surface area contributed by atoms with E-state index < -0.39 is 11.5 Å². The second-order valence-corrected chi connectivity index (χ2v) is 4.15. The summed E-state index contributed by atoms with van der Waals surface area (Å²) in [6, 6.07) is 7.13. The number of rotatable bonds is 1. The molecule has 2 heteroatoms. The van der Waals surface area contributed by atoms with Gasteiger partial charge < -0.3 is 0 Å². The number of carbonyl (C=O) groups excluding carboxylic acids is 1. The third-order valence-corrected chi connectivity index (χ3v) is 2.92. The van der Waals surface area contributed by atoms with Gasteiger partial charge in [-0.25, -0.2) is 4.39 Å². The molecule has 0 saturated carbocycles. The van der Waals surface area contributed by atoms with E-state index in [-0.39, 0.29) is 5.92 Å². The largest absolute Gasteiger partial charge is 0.291 e. The summed E-state index contributed by atoms with van der Waals surface area (Å²) in [7, 11) is 0. The summed E-state index contributed by atoms with van der Waals surface area (Å²) in [4.78, 5) is 11.7. The number of carbonyl (C=O) groups is 1. The fourth-order valence-corrected chi connectivity index (χ4v) is 1.99. The SMILES string of the molecule is CC(C)[C@@]1(F)C(=O)C=Cc2ccccc21. The summed E-state index contributed by atoms with van der Waals surface area (Å²) in [5, 5.41) is 0. The van der Waals surface area contributed by atoms with Crippen molar-refractivity contribution in [1.82, 2.24) is 0 Å². The third kappa shape index (κ3) is 1.32. The van der Waals surface area contributed by atoms with Crippen LogP contribution in [0, 0.1) is 5.92 Å². The van der Waals surface area contributed by atoms with Gasteiger partial charge in [0, 0.05) is 5.56 Å². The Balaban J connectivity index is 2.66. The van der Waals surface area contributed by atoms with Crippen molar-refractivity contribution in [2.75, 3.05) is 0 Å². The highest BCUT2D eigenvalue weighted by molar-refractivity contribution is 6.04. The molecule has 0 fully saturated rings. The molecule has 1 aliphatic rings. The molecule has 0 aliphatic heterocycles. The van der Waals surface area contributed by atoms with Gasteiger partial charge in [0.15, 0.2) is 5.78 Å². The number of alkyl halides is 1. The monoisotopic (exact) mass is 204 g/mol. The van der Waals surface area contributed by atoms with E-state index in [4.69, 9.17) is 0 Å². The van der Waals surface area contributed by atoms with E-state index in [9.17, 15) is 9.18 Å². The van der Waals surface area contributed by atoms with Crippen molar-refractivity contribution in [2.24, 2.45) is 5.92 Å². The Hall–Kier alpha value is -1.44. The van der Waals surface area contributed by atoms with E-state index in [1.54, 1.807) is 32.1 Å². The lowest BCUT2D eigenvalue weighted by Gasteiger charge is -2.31. The molecule has 0 saturated heterocycles. The average molecular weight is 204 g/mol. The van der Waals surface area contributed by atoms with E-state index >= 15 is 0 Å². The van der Waals surface area contributed by atoms with Gasteiger partial charge in [-0.15, -0.1) is 0 Å². The van der Waals surface area contributed by atoms with Gasteiger partial charge in [-0.2, -0.15) is 0 Å². The molecular weight excluding hydrogens is 191 g/mol. The number of fused-ring (bicyclic) bond motifs is 1. The molecule has 2 rings (SSSR count). The standard InChI is InChI=1S/C13H13FO/c1-9(2)13(14)11-6-4-3-5-10(11)7-8-12(13)15/h3-9H,1-2H3/t13-/m0/s1. The maximum Gasteiger partial charge on any atom is 0.200 e. The van der Waals surface area contributed by atoms with Crippen molar-refractivity contribution < 1.29 is 9.18 Å². The van der Waals surface area contributed by atoms with E-state index in [0.717, 1.165) is 5.56 Å². The number of hydrogen-bond acceptors (Lipinski definition) is 1. The first-order valence-corrected chi connectivity index (χ1v) is 5.07. The molecule has 1 aliphatic carbocycles. The summed E-state index contributed by atoms with van der Waals surface area (Å²) in [5.74, 6) is -0.799. The lowest BCUT2D eigenvalue weighted by Crippen LogP contribution is -2.37. The Morgan fingerprint density at radius 3 is 2.53 bits per heavy atom. The average Bonchev–Trinajstić information content (AvgIpc) is 2.23. The van der Waals surface area contributed by atoms with Crippen LogP contribution in [0.25, 0.3) is 6.08 Å². The Labute approximate surface area is 88.6 Å². The van der Waals surface area contributed by atoms with Crippen LogP contribution in [0.2, 0.25) is 0 Å². The number of allylic oxidation sites excluding steroid dienone is 1. The van der Waals surface area contributed by atoms with E-state index in [0.29, 0.717) is 5.56 Å². The minimum absolute atomic E-state index is 0.351. The van der Waals surface area contributed by atoms with Crippen LogP contribution in [0.4, 0.5) is 4.39 Å². The Morgan fingerprint density at radius 2 is 1.87 bits per heavy atom. The molecule has 0 heterocycles. The van der Waals surface area contributed by atoms with Gasteiger partial charge in [-0.05, 0) is 17.6 Å². The van der Waals surface area contributed by atoms with E-state index in [1.807, 2.05) is 12.1 Å². The molecule has 15 heavy (non-hydrogen) atoms. The van der Waals surface area contributed by atoms with Crippen LogP contribution in [-0.2, 0) is 10.5 Å². The normalized spacial score (nSPS) is 24.4. The molecule has 0 spiro atoms. The van der Waals surface area contributed by atoms with Crippen LogP contribution in [0.3, 0.4) is 0 Å². The van der Waals surface area contributed by atoms with Crippen LogP contribution in [0.1, 0.15) is 25.0 Å². The Kier molecular flexibility index (Phi) is 2.22. The van der Waals surface area contributed by atoms with Gasteiger partial charge in [-0.3, -0.25) is 4.79 Å². The highest BCUT2D eigenvalue weighted by atomic mass is 19.1. The highest BCUT2D eigenvalue weighted by Gasteiger charge is 2.44. The summed E-state index contributed by atoms with van der Waals surface area (Å²) in [5.41, 5.74) is -0.563. The first-order valence-electron chi connectivity index (χ1n) is 5.07. The molecule has 0 aromatic heterocycles. The predicted molar refractivity (Wildman–Crippen MR) is 58.1 cm³/mol. The minimum atomic E-state index is -1.86. The van der Waals surface area contributed by atoms with Crippen LogP contribution in [-0.4, -0.2) is 5.78 Å². The Bertz CT molecular complexity index is 434. The van der Waals surface area contributed by atoms with Crippen molar-refractivity contribution in [2.45, 2.75) is 19.5 Å².